The summed E-state index contributed by atoms with van der Waals surface area (Å²) in [6, 6.07) is 0.414. The molecule has 0 amide bonds. The summed E-state index contributed by atoms with van der Waals surface area (Å²) in [5.41, 5.74) is 8.54. The van der Waals surface area contributed by atoms with Crippen molar-refractivity contribution in [1.82, 2.24) is 0 Å². The molecule has 2 heteroatoms. The quantitative estimate of drug-likeness (QED) is 0.671. The number of fused-ring (bicyclic) bond motifs is 5. The molecule has 7 atom stereocenters. The van der Waals surface area contributed by atoms with Crippen LogP contribution in [0.15, 0.2) is 23.8 Å². The molecule has 116 valence electrons. The SMILES string of the molecule is C[C@]12CC[C@H]3[C@@H](CCC4=C[C@@H](O)C=C[C@@]43C)[C@@H]1CC[C@@H]2N. The van der Waals surface area contributed by atoms with Crippen LogP contribution in [0.3, 0.4) is 0 Å². The molecule has 0 aromatic rings. The van der Waals surface area contributed by atoms with E-state index in [1.807, 2.05) is 6.08 Å². The molecular formula is C19H29NO. The highest BCUT2D eigenvalue weighted by atomic mass is 16.3. The highest BCUT2D eigenvalue weighted by Gasteiger charge is 2.57. The average Bonchev–Trinajstić information content (AvgIpc) is 2.76. The van der Waals surface area contributed by atoms with Gasteiger partial charge in [0.2, 0.25) is 0 Å². The maximum Gasteiger partial charge on any atom is 0.0905 e. The van der Waals surface area contributed by atoms with Crippen LogP contribution in [0.25, 0.3) is 0 Å². The van der Waals surface area contributed by atoms with Crippen molar-refractivity contribution in [3.8, 4) is 0 Å². The van der Waals surface area contributed by atoms with Crippen LogP contribution in [-0.4, -0.2) is 17.3 Å². The van der Waals surface area contributed by atoms with Gasteiger partial charge in [-0.25, -0.2) is 0 Å². The van der Waals surface area contributed by atoms with Gasteiger partial charge in [-0.1, -0.05) is 37.6 Å². The first-order valence-electron chi connectivity index (χ1n) is 8.79. The molecule has 0 aromatic carbocycles. The maximum absolute atomic E-state index is 9.90. The van der Waals surface area contributed by atoms with Gasteiger partial charge in [0.25, 0.3) is 0 Å². The van der Waals surface area contributed by atoms with E-state index in [1.165, 1.54) is 44.1 Å². The minimum atomic E-state index is -0.363. The number of rotatable bonds is 0. The number of nitrogens with two attached hydrogens (primary N) is 1. The van der Waals surface area contributed by atoms with Gasteiger partial charge in [0.1, 0.15) is 0 Å². The Bertz CT molecular complexity index is 510. The van der Waals surface area contributed by atoms with E-state index in [2.05, 4.69) is 26.0 Å². The van der Waals surface area contributed by atoms with Crippen LogP contribution in [-0.2, 0) is 0 Å². The molecular weight excluding hydrogens is 258 g/mol. The van der Waals surface area contributed by atoms with Gasteiger partial charge in [-0.2, -0.15) is 0 Å². The molecule has 0 aliphatic heterocycles. The zero-order chi connectivity index (χ0) is 14.8. The van der Waals surface area contributed by atoms with Gasteiger partial charge in [0.15, 0.2) is 0 Å². The van der Waals surface area contributed by atoms with Crippen molar-refractivity contribution in [2.24, 2.45) is 34.3 Å². The van der Waals surface area contributed by atoms with Crippen molar-refractivity contribution in [3.05, 3.63) is 23.8 Å². The van der Waals surface area contributed by atoms with Crippen LogP contribution < -0.4 is 5.73 Å². The monoisotopic (exact) mass is 287 g/mol. The lowest BCUT2D eigenvalue weighted by atomic mass is 9.48. The fourth-order valence-electron chi connectivity index (χ4n) is 6.36. The maximum atomic E-state index is 9.90. The van der Waals surface area contributed by atoms with Crippen molar-refractivity contribution in [2.75, 3.05) is 0 Å². The summed E-state index contributed by atoms with van der Waals surface area (Å²) in [4.78, 5) is 0. The van der Waals surface area contributed by atoms with Crippen LogP contribution in [0.4, 0.5) is 0 Å². The molecule has 3 fully saturated rings. The minimum absolute atomic E-state index is 0.191. The van der Waals surface area contributed by atoms with E-state index in [-0.39, 0.29) is 11.5 Å². The van der Waals surface area contributed by atoms with Crippen LogP contribution in [0.1, 0.15) is 52.4 Å². The summed E-state index contributed by atoms with van der Waals surface area (Å²) < 4.78 is 0. The van der Waals surface area contributed by atoms with Crippen molar-refractivity contribution in [2.45, 2.75) is 64.5 Å². The van der Waals surface area contributed by atoms with Crippen molar-refractivity contribution in [3.63, 3.8) is 0 Å². The first kappa shape index (κ1) is 14.0. The lowest BCUT2D eigenvalue weighted by Crippen LogP contribution is -2.51. The van der Waals surface area contributed by atoms with Gasteiger partial charge in [-0.15, -0.1) is 0 Å². The summed E-state index contributed by atoms with van der Waals surface area (Å²) in [7, 11) is 0. The number of aliphatic hydroxyl groups excluding tert-OH is 1. The average molecular weight is 287 g/mol. The second kappa shape index (κ2) is 4.45. The van der Waals surface area contributed by atoms with E-state index >= 15 is 0 Å². The summed E-state index contributed by atoms with van der Waals surface area (Å²) in [5, 5.41) is 9.90. The Morgan fingerprint density at radius 2 is 1.95 bits per heavy atom. The molecule has 0 radical (unpaired) electrons. The third-order valence-corrected chi connectivity index (χ3v) is 7.73. The molecule has 4 aliphatic carbocycles. The Morgan fingerprint density at radius 1 is 1.14 bits per heavy atom. The Balaban J connectivity index is 1.69. The summed E-state index contributed by atoms with van der Waals surface area (Å²) in [6.45, 7) is 4.87. The van der Waals surface area contributed by atoms with Crippen molar-refractivity contribution >= 4 is 0 Å². The highest BCUT2D eigenvalue weighted by molar-refractivity contribution is 5.33. The zero-order valence-corrected chi connectivity index (χ0v) is 13.4. The number of allylic oxidation sites excluding steroid dienone is 2. The van der Waals surface area contributed by atoms with Crippen LogP contribution in [0.2, 0.25) is 0 Å². The molecule has 0 spiro atoms. The second-order valence-corrected chi connectivity index (χ2v) is 8.47. The van der Waals surface area contributed by atoms with Gasteiger partial charge >= 0.3 is 0 Å². The summed E-state index contributed by atoms with van der Waals surface area (Å²) in [5.74, 6) is 2.41. The molecule has 3 N–H and O–H groups in total. The molecule has 0 bridgehead atoms. The van der Waals surface area contributed by atoms with Crippen molar-refractivity contribution < 1.29 is 5.11 Å². The molecule has 0 aromatic heterocycles. The third-order valence-electron chi connectivity index (χ3n) is 7.73. The van der Waals surface area contributed by atoms with E-state index < -0.39 is 0 Å². The van der Waals surface area contributed by atoms with E-state index in [0.29, 0.717) is 11.5 Å². The first-order chi connectivity index (χ1) is 9.95. The molecule has 3 saturated carbocycles. The van der Waals surface area contributed by atoms with E-state index in [0.717, 1.165) is 17.8 Å². The largest absolute Gasteiger partial charge is 0.385 e. The molecule has 4 aliphatic rings. The molecule has 0 heterocycles. The molecule has 2 nitrogen and oxygen atoms in total. The molecule has 0 unspecified atom stereocenters. The lowest BCUT2D eigenvalue weighted by Gasteiger charge is -2.57. The van der Waals surface area contributed by atoms with Crippen LogP contribution in [0, 0.1) is 28.6 Å². The topological polar surface area (TPSA) is 46.2 Å². The number of hydrogen-bond acceptors (Lipinski definition) is 2. The van der Waals surface area contributed by atoms with Gasteiger partial charge in [-0.05, 0) is 61.7 Å². The smallest absolute Gasteiger partial charge is 0.0905 e. The predicted molar refractivity (Wildman–Crippen MR) is 85.6 cm³/mol. The highest BCUT2D eigenvalue weighted by Crippen LogP contribution is 2.64. The lowest BCUT2D eigenvalue weighted by molar-refractivity contribution is -0.0219. The third kappa shape index (κ3) is 1.78. The van der Waals surface area contributed by atoms with E-state index in [1.54, 1.807) is 0 Å². The molecule has 21 heavy (non-hydrogen) atoms. The van der Waals surface area contributed by atoms with E-state index in [9.17, 15) is 5.11 Å². The number of aliphatic hydroxyl groups is 1. The summed E-state index contributed by atoms with van der Waals surface area (Å²) in [6.07, 6.45) is 13.7. The Labute approximate surface area is 128 Å². The molecule has 4 rings (SSSR count). The van der Waals surface area contributed by atoms with Crippen molar-refractivity contribution in [1.29, 1.82) is 0 Å². The van der Waals surface area contributed by atoms with Gasteiger partial charge < -0.3 is 10.8 Å². The standard InChI is InChI=1S/C19H29NO/c1-18-9-7-13(21)11-12(18)3-4-14-15-5-6-17(20)19(15,2)10-8-16(14)18/h7,9,11,13-17,21H,3-6,8,10,20H2,1-2H3/t13-,14-,15-,16-,17-,18-,19-/m0/s1. The fourth-order valence-corrected chi connectivity index (χ4v) is 6.36. The Kier molecular flexibility index (Phi) is 2.97. The van der Waals surface area contributed by atoms with E-state index in [4.69, 9.17) is 5.73 Å². The van der Waals surface area contributed by atoms with Gasteiger partial charge in [0, 0.05) is 11.5 Å². The Morgan fingerprint density at radius 3 is 2.76 bits per heavy atom. The first-order valence-corrected chi connectivity index (χ1v) is 8.79. The summed E-state index contributed by atoms with van der Waals surface area (Å²) >= 11 is 0. The Hall–Kier alpha value is -0.600. The van der Waals surface area contributed by atoms with Crippen LogP contribution >= 0.6 is 0 Å². The second-order valence-electron chi connectivity index (χ2n) is 8.47. The number of hydrogen-bond donors (Lipinski definition) is 2. The minimum Gasteiger partial charge on any atom is -0.385 e. The molecule has 0 saturated heterocycles. The van der Waals surface area contributed by atoms with Gasteiger partial charge in [-0.3, -0.25) is 0 Å². The van der Waals surface area contributed by atoms with Crippen LogP contribution in [0.5, 0.6) is 0 Å². The normalized spacial score (nSPS) is 55.4. The zero-order valence-electron chi connectivity index (χ0n) is 13.4. The predicted octanol–water partition coefficient (Wildman–Crippen LogP) is 3.41. The van der Waals surface area contributed by atoms with Gasteiger partial charge in [0.05, 0.1) is 6.10 Å². The fraction of sp³-hybridized carbons (Fsp3) is 0.789.